The van der Waals surface area contributed by atoms with Crippen molar-refractivity contribution < 1.29 is 9.59 Å². The highest BCUT2D eigenvalue weighted by Crippen LogP contribution is 2.24. The molecule has 0 bridgehead atoms. The van der Waals surface area contributed by atoms with E-state index in [1.165, 1.54) is 12.8 Å². The van der Waals surface area contributed by atoms with Gasteiger partial charge in [0, 0.05) is 26.2 Å². The summed E-state index contributed by atoms with van der Waals surface area (Å²) in [6.07, 6.45) is 4.32. The van der Waals surface area contributed by atoms with Gasteiger partial charge in [0.05, 0.1) is 22.5 Å². The molecule has 0 N–H and O–H groups in total. The highest BCUT2D eigenvalue weighted by Gasteiger charge is 2.35. The van der Waals surface area contributed by atoms with Gasteiger partial charge in [-0.3, -0.25) is 14.6 Å². The van der Waals surface area contributed by atoms with E-state index in [2.05, 4.69) is 14.9 Å². The van der Waals surface area contributed by atoms with Crippen LogP contribution < -0.4 is 0 Å². The monoisotopic (exact) mass is 473 g/mol. The maximum absolute atomic E-state index is 13.1. The highest BCUT2D eigenvalue weighted by atomic mass is 35.5. The molecule has 1 aromatic rings. The van der Waals surface area contributed by atoms with Crippen LogP contribution in [0, 0.1) is 0 Å². The first-order chi connectivity index (χ1) is 14.0. The smallest absolute Gasteiger partial charge is 0.268 e. The molecule has 0 aliphatic carbocycles. The minimum absolute atomic E-state index is 0. The number of likely N-dealkylation sites (tertiary alicyclic amines) is 1. The van der Waals surface area contributed by atoms with Crippen molar-refractivity contribution in [3.63, 3.8) is 0 Å². The number of amides is 2. The average molecular weight is 475 g/mol. The Morgan fingerprint density at radius 2 is 1.87 bits per heavy atom. The van der Waals surface area contributed by atoms with Crippen molar-refractivity contribution in [2.75, 3.05) is 45.8 Å². The number of hydrogen-bond donors (Lipinski definition) is 0. The molecule has 0 spiro atoms. The molecule has 3 aliphatic rings. The van der Waals surface area contributed by atoms with Crippen LogP contribution in [0.1, 0.15) is 18.4 Å². The summed E-state index contributed by atoms with van der Waals surface area (Å²) in [5.74, 6) is -0.0300. The third kappa shape index (κ3) is 5.45. The Morgan fingerprint density at radius 1 is 1.10 bits per heavy atom. The van der Waals surface area contributed by atoms with Crippen molar-refractivity contribution in [3.05, 3.63) is 33.8 Å². The molecular weight excluding hydrogens is 449 g/mol. The number of nitrogens with zero attached hydrogens (tertiary/aromatic N) is 5. The number of carbonyl (C=O) groups excluding carboxylic acids is 2. The van der Waals surface area contributed by atoms with Crippen molar-refractivity contribution in [2.24, 2.45) is 4.99 Å². The first-order valence-electron chi connectivity index (χ1n) is 10.0. The van der Waals surface area contributed by atoms with Crippen LogP contribution >= 0.6 is 35.6 Å². The number of hydrogen-bond acceptors (Lipinski definition) is 5. The maximum atomic E-state index is 13.1. The predicted molar refractivity (Wildman–Crippen MR) is 120 cm³/mol. The SMILES string of the molecule is Cl.O=C1CN(N2CCN(C(=O)Cc3ccc(Cl)c(Cl)c3)C(CN3CCCC3)C2)C=N1. The predicted octanol–water partition coefficient (Wildman–Crippen LogP) is 2.35. The minimum atomic E-state index is -0.126. The number of rotatable bonds is 5. The van der Waals surface area contributed by atoms with Gasteiger partial charge in [0.15, 0.2) is 0 Å². The van der Waals surface area contributed by atoms with Crippen LogP contribution in [-0.4, -0.2) is 89.8 Å². The molecule has 2 fully saturated rings. The van der Waals surface area contributed by atoms with E-state index in [4.69, 9.17) is 23.2 Å². The molecule has 0 radical (unpaired) electrons. The van der Waals surface area contributed by atoms with Crippen LogP contribution in [0.2, 0.25) is 10.0 Å². The lowest BCUT2D eigenvalue weighted by Gasteiger charge is -2.45. The third-order valence-corrected chi connectivity index (χ3v) is 6.52. The van der Waals surface area contributed by atoms with Gasteiger partial charge in [0.25, 0.3) is 5.91 Å². The molecule has 164 valence electrons. The number of hydrazine groups is 1. The maximum Gasteiger partial charge on any atom is 0.268 e. The fourth-order valence-electron chi connectivity index (χ4n) is 4.27. The van der Waals surface area contributed by atoms with Crippen LogP contribution in [0.25, 0.3) is 0 Å². The molecule has 2 saturated heterocycles. The molecule has 0 saturated carbocycles. The molecule has 4 rings (SSSR count). The zero-order valence-corrected chi connectivity index (χ0v) is 19.0. The Hall–Kier alpha value is -1.38. The lowest BCUT2D eigenvalue weighted by atomic mass is 10.1. The summed E-state index contributed by atoms with van der Waals surface area (Å²) in [5, 5.41) is 4.97. The summed E-state index contributed by atoms with van der Waals surface area (Å²) in [5.41, 5.74) is 0.865. The van der Waals surface area contributed by atoms with Crippen molar-refractivity contribution in [2.45, 2.75) is 25.3 Å². The van der Waals surface area contributed by atoms with E-state index in [1.54, 1.807) is 18.5 Å². The van der Waals surface area contributed by atoms with E-state index in [0.29, 0.717) is 36.1 Å². The van der Waals surface area contributed by atoms with E-state index >= 15 is 0 Å². The van der Waals surface area contributed by atoms with Crippen LogP contribution in [-0.2, 0) is 16.0 Å². The van der Waals surface area contributed by atoms with Gasteiger partial charge in [-0.05, 0) is 43.6 Å². The molecule has 1 atom stereocenters. The Balaban J connectivity index is 0.00000256. The second kappa shape index (κ2) is 10.3. The van der Waals surface area contributed by atoms with Gasteiger partial charge in [0.2, 0.25) is 5.91 Å². The molecule has 1 aromatic carbocycles. The van der Waals surface area contributed by atoms with E-state index in [9.17, 15) is 9.59 Å². The largest absolute Gasteiger partial charge is 0.335 e. The van der Waals surface area contributed by atoms with Crippen molar-refractivity contribution in [3.8, 4) is 0 Å². The molecule has 3 aliphatic heterocycles. The van der Waals surface area contributed by atoms with E-state index in [1.807, 2.05) is 16.0 Å². The minimum Gasteiger partial charge on any atom is -0.335 e. The fraction of sp³-hybridized carbons (Fsp3) is 0.550. The zero-order chi connectivity index (χ0) is 20.4. The zero-order valence-electron chi connectivity index (χ0n) is 16.7. The summed E-state index contributed by atoms with van der Waals surface area (Å²) < 4.78 is 0. The lowest BCUT2D eigenvalue weighted by Crippen LogP contribution is -2.62. The number of halogens is 3. The summed E-state index contributed by atoms with van der Waals surface area (Å²) in [7, 11) is 0. The second-order valence-corrected chi connectivity index (χ2v) is 8.64. The molecule has 30 heavy (non-hydrogen) atoms. The van der Waals surface area contributed by atoms with E-state index in [0.717, 1.165) is 25.2 Å². The fourth-order valence-corrected chi connectivity index (χ4v) is 4.59. The van der Waals surface area contributed by atoms with Crippen molar-refractivity contribution in [1.82, 2.24) is 19.8 Å². The van der Waals surface area contributed by atoms with E-state index < -0.39 is 0 Å². The quantitative estimate of drug-likeness (QED) is 0.656. The molecule has 2 amide bonds. The van der Waals surface area contributed by atoms with Gasteiger partial charge in [-0.1, -0.05) is 29.3 Å². The Morgan fingerprint density at radius 3 is 2.53 bits per heavy atom. The van der Waals surface area contributed by atoms with Crippen molar-refractivity contribution in [1.29, 1.82) is 0 Å². The summed E-state index contributed by atoms with van der Waals surface area (Å²) in [4.78, 5) is 32.9. The summed E-state index contributed by atoms with van der Waals surface area (Å²) in [6.45, 7) is 5.29. The van der Waals surface area contributed by atoms with Gasteiger partial charge in [-0.25, -0.2) is 10.0 Å². The lowest BCUT2D eigenvalue weighted by molar-refractivity contribution is -0.140. The first kappa shape index (κ1) is 23.3. The van der Waals surface area contributed by atoms with Gasteiger partial charge in [-0.15, -0.1) is 12.4 Å². The second-order valence-electron chi connectivity index (χ2n) is 7.82. The topological polar surface area (TPSA) is 59.5 Å². The average Bonchev–Trinajstić information content (AvgIpc) is 3.36. The Kier molecular flexibility index (Phi) is 7.98. The third-order valence-electron chi connectivity index (χ3n) is 5.78. The first-order valence-corrected chi connectivity index (χ1v) is 10.8. The number of aliphatic imine (C=N–C) groups is 1. The normalized spacial score (nSPS) is 22.6. The van der Waals surface area contributed by atoms with Crippen LogP contribution in [0.4, 0.5) is 0 Å². The molecule has 7 nitrogen and oxygen atoms in total. The highest BCUT2D eigenvalue weighted by molar-refractivity contribution is 6.42. The Bertz CT molecular complexity index is 816. The standard InChI is InChI=1S/C20H25Cl2N5O2.ClH/c21-17-4-3-15(9-18(17)22)10-20(29)27-8-7-25(26-13-19(28)23-14-26)12-16(27)11-24-5-1-2-6-24;/h3-4,9,14,16H,1-2,5-8,10-13H2;1H. The van der Waals surface area contributed by atoms with Gasteiger partial charge in [-0.2, -0.15) is 0 Å². The Labute approximate surface area is 193 Å². The summed E-state index contributed by atoms with van der Waals surface area (Å²) in [6, 6.07) is 5.42. The van der Waals surface area contributed by atoms with Crippen molar-refractivity contribution >= 4 is 53.8 Å². The van der Waals surface area contributed by atoms with Gasteiger partial charge < -0.3 is 9.80 Å². The molecule has 10 heteroatoms. The van der Waals surface area contributed by atoms with Gasteiger partial charge in [0.1, 0.15) is 12.9 Å². The molecule has 3 heterocycles. The van der Waals surface area contributed by atoms with E-state index in [-0.39, 0.29) is 36.8 Å². The summed E-state index contributed by atoms with van der Waals surface area (Å²) >= 11 is 12.1. The molecule has 1 unspecified atom stereocenters. The molecule has 0 aromatic heterocycles. The number of piperazine rings is 1. The number of carbonyl (C=O) groups is 2. The van der Waals surface area contributed by atoms with Crippen LogP contribution in [0.3, 0.4) is 0 Å². The number of benzene rings is 1. The molecular formula is C20H26Cl3N5O2. The van der Waals surface area contributed by atoms with Crippen LogP contribution in [0.15, 0.2) is 23.2 Å². The van der Waals surface area contributed by atoms with Crippen LogP contribution in [0.5, 0.6) is 0 Å². The van der Waals surface area contributed by atoms with Gasteiger partial charge >= 0.3 is 0 Å².